The molecule has 0 amide bonds. The second-order valence-electron chi connectivity index (χ2n) is 3.64. The van der Waals surface area contributed by atoms with E-state index in [0.717, 1.165) is 11.1 Å². The minimum atomic E-state index is -0.427. The lowest BCUT2D eigenvalue weighted by atomic mass is 10.1. The maximum absolute atomic E-state index is 10.9. The summed E-state index contributed by atoms with van der Waals surface area (Å²) in [5, 5.41) is -0.427. The molecule has 0 aliphatic rings. The first-order valence-corrected chi connectivity index (χ1v) is 5.66. The van der Waals surface area contributed by atoms with E-state index < -0.39 is 5.24 Å². The fourth-order valence-corrected chi connectivity index (χ4v) is 1.61. The van der Waals surface area contributed by atoms with Gasteiger partial charge in [-0.05, 0) is 34.9 Å². The van der Waals surface area contributed by atoms with Crippen LogP contribution in [-0.4, -0.2) is 5.24 Å². The van der Waals surface area contributed by atoms with Gasteiger partial charge in [-0.2, -0.15) is 0 Å². The van der Waals surface area contributed by atoms with Crippen LogP contribution in [-0.2, 0) is 0 Å². The molecule has 0 aliphatic carbocycles. The molecule has 2 aromatic rings. The normalized spacial score (nSPS) is 10.6. The van der Waals surface area contributed by atoms with Gasteiger partial charge < -0.3 is 0 Å². The van der Waals surface area contributed by atoms with Crippen LogP contribution in [0.25, 0.3) is 12.2 Å². The van der Waals surface area contributed by atoms with Gasteiger partial charge in [0.15, 0.2) is 0 Å². The van der Waals surface area contributed by atoms with Gasteiger partial charge >= 0.3 is 0 Å². The third-order valence-electron chi connectivity index (χ3n) is 2.41. The summed E-state index contributed by atoms with van der Waals surface area (Å²) in [6.45, 7) is 0. The number of halogens is 1. The molecule has 0 saturated heterocycles. The molecule has 0 N–H and O–H groups in total. The molecule has 0 aromatic heterocycles. The molecule has 0 radical (unpaired) electrons. The average Bonchev–Trinajstić information content (AvgIpc) is 2.38. The van der Waals surface area contributed by atoms with Crippen LogP contribution in [0.4, 0.5) is 0 Å². The molecule has 0 aliphatic heterocycles. The summed E-state index contributed by atoms with van der Waals surface area (Å²) in [5.41, 5.74) is 2.70. The molecule has 2 heteroatoms. The molecule has 0 fully saturated rings. The van der Waals surface area contributed by atoms with Gasteiger partial charge in [-0.25, -0.2) is 0 Å². The van der Waals surface area contributed by atoms with Crippen molar-refractivity contribution in [1.82, 2.24) is 0 Å². The molecule has 84 valence electrons. The molecule has 0 atom stereocenters. The number of carbonyl (C=O) groups is 1. The Morgan fingerprint density at radius 1 is 0.824 bits per heavy atom. The Labute approximate surface area is 105 Å². The molecule has 0 saturated carbocycles. The largest absolute Gasteiger partial charge is 0.276 e. The Morgan fingerprint density at radius 3 is 1.88 bits per heavy atom. The topological polar surface area (TPSA) is 17.1 Å². The summed E-state index contributed by atoms with van der Waals surface area (Å²) in [6.07, 6.45) is 4.02. The van der Waals surface area contributed by atoms with Crippen LogP contribution in [0.3, 0.4) is 0 Å². The summed E-state index contributed by atoms with van der Waals surface area (Å²) < 4.78 is 0. The highest BCUT2D eigenvalue weighted by Gasteiger charge is 1.99. The van der Waals surface area contributed by atoms with Crippen LogP contribution in [0.1, 0.15) is 21.5 Å². The quantitative estimate of drug-likeness (QED) is 0.581. The van der Waals surface area contributed by atoms with Gasteiger partial charge in [0.2, 0.25) is 0 Å². The SMILES string of the molecule is O=C(Cl)c1ccc(C=Cc2ccccc2)cc1. The molecule has 0 heterocycles. The number of benzene rings is 2. The van der Waals surface area contributed by atoms with Gasteiger partial charge in [-0.3, -0.25) is 4.79 Å². The van der Waals surface area contributed by atoms with Crippen molar-refractivity contribution in [3.8, 4) is 0 Å². The molecular weight excluding hydrogens is 232 g/mol. The summed E-state index contributed by atoms with van der Waals surface area (Å²) >= 11 is 5.37. The van der Waals surface area contributed by atoms with Crippen molar-refractivity contribution in [2.75, 3.05) is 0 Å². The lowest BCUT2D eigenvalue weighted by Gasteiger charge is -1.96. The summed E-state index contributed by atoms with van der Waals surface area (Å²) in [5.74, 6) is 0. The fraction of sp³-hybridized carbons (Fsp3) is 0. The fourth-order valence-electron chi connectivity index (χ4n) is 1.48. The zero-order valence-electron chi connectivity index (χ0n) is 9.14. The molecular formula is C15H11ClO. The van der Waals surface area contributed by atoms with Crippen molar-refractivity contribution in [3.05, 3.63) is 71.3 Å². The summed E-state index contributed by atoms with van der Waals surface area (Å²) in [7, 11) is 0. The number of hydrogen-bond acceptors (Lipinski definition) is 1. The highest BCUT2D eigenvalue weighted by Crippen LogP contribution is 2.10. The van der Waals surface area contributed by atoms with Gasteiger partial charge in [0.1, 0.15) is 0 Å². The van der Waals surface area contributed by atoms with E-state index in [4.69, 9.17) is 11.6 Å². The average molecular weight is 243 g/mol. The van der Waals surface area contributed by atoms with Crippen LogP contribution in [0, 0.1) is 0 Å². The third-order valence-corrected chi connectivity index (χ3v) is 2.62. The Bertz CT molecular complexity index is 527. The summed E-state index contributed by atoms with van der Waals surface area (Å²) in [6, 6.07) is 17.2. The molecule has 0 spiro atoms. The van der Waals surface area contributed by atoms with E-state index in [1.807, 2.05) is 54.6 Å². The number of rotatable bonds is 3. The molecule has 0 unspecified atom stereocenters. The second kappa shape index (κ2) is 5.46. The minimum Gasteiger partial charge on any atom is -0.276 e. The molecule has 2 rings (SSSR count). The standard InChI is InChI=1S/C15H11ClO/c16-15(17)14-10-8-13(9-11-14)7-6-12-4-2-1-3-5-12/h1-11H. The van der Waals surface area contributed by atoms with Crippen molar-refractivity contribution < 1.29 is 4.79 Å². The second-order valence-corrected chi connectivity index (χ2v) is 3.98. The lowest BCUT2D eigenvalue weighted by molar-refractivity contribution is 0.108. The van der Waals surface area contributed by atoms with Gasteiger partial charge in [0.05, 0.1) is 0 Å². The molecule has 0 bridgehead atoms. The molecule has 1 nitrogen and oxygen atoms in total. The van der Waals surface area contributed by atoms with Gasteiger partial charge in [0, 0.05) is 5.56 Å². The van der Waals surface area contributed by atoms with Crippen molar-refractivity contribution in [1.29, 1.82) is 0 Å². The van der Waals surface area contributed by atoms with Crippen LogP contribution in [0.5, 0.6) is 0 Å². The van der Waals surface area contributed by atoms with E-state index in [1.165, 1.54) is 0 Å². The third kappa shape index (κ3) is 3.30. The Kier molecular flexibility index (Phi) is 3.73. The number of hydrogen-bond donors (Lipinski definition) is 0. The first-order chi connectivity index (χ1) is 8.25. The maximum atomic E-state index is 10.9. The number of carbonyl (C=O) groups excluding carboxylic acids is 1. The monoisotopic (exact) mass is 242 g/mol. The minimum absolute atomic E-state index is 0.427. The zero-order chi connectivity index (χ0) is 12.1. The predicted molar refractivity (Wildman–Crippen MR) is 72.0 cm³/mol. The molecule has 2 aromatic carbocycles. The molecule has 17 heavy (non-hydrogen) atoms. The van der Waals surface area contributed by atoms with Crippen LogP contribution in [0.15, 0.2) is 54.6 Å². The van der Waals surface area contributed by atoms with E-state index in [2.05, 4.69) is 0 Å². The van der Waals surface area contributed by atoms with E-state index in [-0.39, 0.29) is 0 Å². The van der Waals surface area contributed by atoms with Crippen molar-refractivity contribution in [2.45, 2.75) is 0 Å². The first-order valence-electron chi connectivity index (χ1n) is 5.29. The van der Waals surface area contributed by atoms with E-state index in [1.54, 1.807) is 12.1 Å². The van der Waals surface area contributed by atoms with E-state index in [9.17, 15) is 4.79 Å². The van der Waals surface area contributed by atoms with E-state index in [0.29, 0.717) is 5.56 Å². The first kappa shape index (κ1) is 11.6. The van der Waals surface area contributed by atoms with Crippen LogP contribution < -0.4 is 0 Å². The Balaban J connectivity index is 2.14. The van der Waals surface area contributed by atoms with Crippen molar-refractivity contribution in [3.63, 3.8) is 0 Å². The predicted octanol–water partition coefficient (Wildman–Crippen LogP) is 4.24. The summed E-state index contributed by atoms with van der Waals surface area (Å²) in [4.78, 5) is 10.9. The maximum Gasteiger partial charge on any atom is 0.252 e. The van der Waals surface area contributed by atoms with E-state index >= 15 is 0 Å². The highest BCUT2D eigenvalue weighted by atomic mass is 35.5. The van der Waals surface area contributed by atoms with Gasteiger partial charge in [-0.15, -0.1) is 0 Å². The lowest BCUT2D eigenvalue weighted by Crippen LogP contribution is -1.87. The zero-order valence-corrected chi connectivity index (χ0v) is 9.89. The van der Waals surface area contributed by atoms with Crippen LogP contribution >= 0.6 is 11.6 Å². The van der Waals surface area contributed by atoms with Crippen LogP contribution in [0.2, 0.25) is 0 Å². The van der Waals surface area contributed by atoms with Crippen molar-refractivity contribution in [2.24, 2.45) is 0 Å². The Morgan fingerprint density at radius 2 is 1.35 bits per heavy atom. The Hall–Kier alpha value is -1.86. The van der Waals surface area contributed by atoms with Gasteiger partial charge in [-0.1, -0.05) is 54.6 Å². The highest BCUT2D eigenvalue weighted by molar-refractivity contribution is 6.67. The van der Waals surface area contributed by atoms with Crippen molar-refractivity contribution >= 4 is 29.0 Å². The van der Waals surface area contributed by atoms with Gasteiger partial charge in [0.25, 0.3) is 5.24 Å². The smallest absolute Gasteiger partial charge is 0.252 e.